The fourth-order valence-electron chi connectivity index (χ4n) is 3.93. The zero-order chi connectivity index (χ0) is 18.1. The molecule has 5 nitrogen and oxygen atoms in total. The predicted octanol–water partition coefficient (Wildman–Crippen LogP) is 5.25. The lowest BCUT2D eigenvalue weighted by Crippen LogP contribution is -2.28. The molecule has 0 bridgehead atoms. The van der Waals surface area contributed by atoms with Crippen molar-refractivity contribution in [3.8, 4) is 22.8 Å². The summed E-state index contributed by atoms with van der Waals surface area (Å²) in [6.07, 6.45) is 4.88. The van der Waals surface area contributed by atoms with Crippen LogP contribution in [0.25, 0.3) is 11.3 Å². The smallest absolute Gasteiger partial charge is 0.231 e. The van der Waals surface area contributed by atoms with Gasteiger partial charge >= 0.3 is 0 Å². The molecule has 0 aliphatic carbocycles. The quantitative estimate of drug-likeness (QED) is 0.617. The van der Waals surface area contributed by atoms with Crippen LogP contribution in [0, 0.1) is 0 Å². The summed E-state index contributed by atoms with van der Waals surface area (Å²) in [6, 6.07) is 12.6. The Kier molecular flexibility index (Phi) is 4.59. The zero-order valence-electron chi connectivity index (χ0n) is 15.1. The van der Waals surface area contributed by atoms with Crippen LogP contribution in [-0.4, -0.2) is 23.4 Å². The second-order valence-electron chi connectivity index (χ2n) is 7.10. The highest BCUT2D eigenvalue weighted by atomic mass is 32.1. The van der Waals surface area contributed by atoms with Crippen LogP contribution in [0.2, 0.25) is 0 Å². The van der Waals surface area contributed by atoms with E-state index in [1.165, 1.54) is 24.1 Å². The second kappa shape index (κ2) is 7.37. The van der Waals surface area contributed by atoms with E-state index in [0.717, 1.165) is 48.0 Å². The average Bonchev–Trinajstić information content (AvgIpc) is 3.42. The SMILES string of the molecule is c1csc(CN2CCCCC[C@H]2c2cc(-c3ccc4c(c3)OCO4)on2)c1. The maximum Gasteiger partial charge on any atom is 0.231 e. The minimum Gasteiger partial charge on any atom is -0.454 e. The molecule has 1 fully saturated rings. The van der Waals surface area contributed by atoms with Gasteiger partial charge in [-0.15, -0.1) is 11.3 Å². The second-order valence-corrected chi connectivity index (χ2v) is 8.13. The first-order valence-electron chi connectivity index (χ1n) is 9.50. The molecule has 0 unspecified atom stereocenters. The van der Waals surface area contributed by atoms with Gasteiger partial charge in [0.05, 0.1) is 6.04 Å². The molecular formula is C21H22N2O3S. The minimum atomic E-state index is 0.278. The Hall–Kier alpha value is -2.31. The fraction of sp³-hybridized carbons (Fsp3) is 0.381. The Bertz CT molecular complexity index is 906. The van der Waals surface area contributed by atoms with Gasteiger partial charge in [0.2, 0.25) is 6.79 Å². The van der Waals surface area contributed by atoms with Gasteiger partial charge in [0.25, 0.3) is 0 Å². The number of fused-ring (bicyclic) bond motifs is 1. The number of thiophene rings is 1. The molecule has 1 saturated heterocycles. The summed E-state index contributed by atoms with van der Waals surface area (Å²) in [4.78, 5) is 3.96. The van der Waals surface area contributed by atoms with Gasteiger partial charge in [-0.3, -0.25) is 4.90 Å². The molecule has 0 spiro atoms. The highest BCUT2D eigenvalue weighted by Crippen LogP contribution is 2.38. The van der Waals surface area contributed by atoms with Crippen LogP contribution in [0.5, 0.6) is 11.5 Å². The summed E-state index contributed by atoms with van der Waals surface area (Å²) in [6.45, 7) is 2.36. The maximum atomic E-state index is 5.72. The molecule has 1 aromatic carbocycles. The number of rotatable bonds is 4. The van der Waals surface area contributed by atoms with E-state index in [1.807, 2.05) is 29.5 Å². The van der Waals surface area contributed by atoms with Gasteiger partial charge in [0, 0.05) is 23.1 Å². The maximum absolute atomic E-state index is 5.72. The van der Waals surface area contributed by atoms with Gasteiger partial charge in [0.1, 0.15) is 5.69 Å². The van der Waals surface area contributed by atoms with Crippen LogP contribution in [0.3, 0.4) is 0 Å². The molecule has 2 aliphatic heterocycles. The standard InChI is InChI=1S/C21H22N2O3S/c1-2-6-18(23(9-3-1)13-16-5-4-10-27-16)17-12-20(26-22-17)15-7-8-19-21(11-15)25-14-24-19/h4-5,7-8,10-12,18H,1-3,6,9,13-14H2/t18-/m0/s1. The van der Waals surface area contributed by atoms with Crippen LogP contribution in [0.1, 0.15) is 42.3 Å². The molecule has 0 amide bonds. The van der Waals surface area contributed by atoms with Crippen molar-refractivity contribution in [2.45, 2.75) is 38.3 Å². The Balaban J connectivity index is 1.41. The molecule has 0 radical (unpaired) electrons. The first-order chi connectivity index (χ1) is 13.4. The van der Waals surface area contributed by atoms with E-state index >= 15 is 0 Å². The molecule has 2 aliphatic rings. The molecule has 0 N–H and O–H groups in total. The molecule has 1 atom stereocenters. The van der Waals surface area contributed by atoms with E-state index in [-0.39, 0.29) is 6.79 Å². The molecular weight excluding hydrogens is 360 g/mol. The summed E-state index contributed by atoms with van der Waals surface area (Å²) in [7, 11) is 0. The molecule has 6 heteroatoms. The summed E-state index contributed by atoms with van der Waals surface area (Å²) in [5.41, 5.74) is 2.00. The van der Waals surface area contributed by atoms with Gasteiger partial charge in [0.15, 0.2) is 17.3 Å². The topological polar surface area (TPSA) is 47.7 Å². The number of likely N-dealkylation sites (tertiary alicyclic amines) is 1. The molecule has 2 aromatic heterocycles. The molecule has 27 heavy (non-hydrogen) atoms. The van der Waals surface area contributed by atoms with E-state index in [2.05, 4.69) is 33.6 Å². The highest BCUT2D eigenvalue weighted by Gasteiger charge is 2.26. The Labute approximate surface area is 162 Å². The lowest BCUT2D eigenvalue weighted by Gasteiger charge is -2.27. The first-order valence-corrected chi connectivity index (χ1v) is 10.4. The number of nitrogens with zero attached hydrogens (tertiary/aromatic N) is 2. The number of ether oxygens (including phenoxy) is 2. The zero-order valence-corrected chi connectivity index (χ0v) is 15.9. The van der Waals surface area contributed by atoms with E-state index in [4.69, 9.17) is 14.0 Å². The summed E-state index contributed by atoms with van der Waals surface area (Å²) in [5, 5.41) is 6.59. The third-order valence-electron chi connectivity index (χ3n) is 5.33. The molecule has 4 heterocycles. The van der Waals surface area contributed by atoms with Gasteiger partial charge in [-0.25, -0.2) is 0 Å². The third kappa shape index (κ3) is 3.47. The molecule has 3 aromatic rings. The Morgan fingerprint density at radius 1 is 1.07 bits per heavy atom. The van der Waals surface area contributed by atoms with Crippen molar-refractivity contribution in [1.29, 1.82) is 0 Å². The fourth-order valence-corrected chi connectivity index (χ4v) is 4.66. The number of hydrogen-bond acceptors (Lipinski definition) is 6. The highest BCUT2D eigenvalue weighted by molar-refractivity contribution is 7.09. The Morgan fingerprint density at radius 2 is 2.04 bits per heavy atom. The lowest BCUT2D eigenvalue weighted by molar-refractivity contribution is 0.174. The monoisotopic (exact) mass is 382 g/mol. The number of aromatic nitrogens is 1. The summed E-state index contributed by atoms with van der Waals surface area (Å²) in [5.74, 6) is 2.33. The number of hydrogen-bond donors (Lipinski definition) is 0. The Morgan fingerprint density at radius 3 is 2.96 bits per heavy atom. The predicted molar refractivity (Wildman–Crippen MR) is 104 cm³/mol. The largest absolute Gasteiger partial charge is 0.454 e. The van der Waals surface area contributed by atoms with Gasteiger partial charge in [-0.1, -0.05) is 24.1 Å². The van der Waals surface area contributed by atoms with Crippen molar-refractivity contribution in [3.05, 3.63) is 52.3 Å². The molecule has 5 rings (SSSR count). The average molecular weight is 382 g/mol. The van der Waals surface area contributed by atoms with Crippen LogP contribution in [0.4, 0.5) is 0 Å². The van der Waals surface area contributed by atoms with Crippen molar-refractivity contribution in [2.24, 2.45) is 0 Å². The van der Waals surface area contributed by atoms with Crippen LogP contribution in [0.15, 0.2) is 46.3 Å². The van der Waals surface area contributed by atoms with Gasteiger partial charge in [-0.2, -0.15) is 0 Å². The summed E-state index contributed by atoms with van der Waals surface area (Å²) < 4.78 is 16.6. The van der Waals surface area contributed by atoms with Gasteiger partial charge < -0.3 is 14.0 Å². The first kappa shape index (κ1) is 16.8. The number of benzene rings is 1. The lowest BCUT2D eigenvalue weighted by atomic mass is 10.0. The van der Waals surface area contributed by atoms with Crippen molar-refractivity contribution in [1.82, 2.24) is 10.1 Å². The van der Waals surface area contributed by atoms with Crippen LogP contribution < -0.4 is 9.47 Å². The van der Waals surface area contributed by atoms with E-state index in [0.29, 0.717) is 6.04 Å². The van der Waals surface area contributed by atoms with Crippen LogP contribution >= 0.6 is 11.3 Å². The summed E-state index contributed by atoms with van der Waals surface area (Å²) >= 11 is 1.82. The normalized spacial score (nSPS) is 19.9. The van der Waals surface area contributed by atoms with E-state index in [1.54, 1.807) is 0 Å². The van der Waals surface area contributed by atoms with Crippen molar-refractivity contribution >= 4 is 11.3 Å². The molecule has 140 valence electrons. The van der Waals surface area contributed by atoms with Crippen LogP contribution in [-0.2, 0) is 6.54 Å². The van der Waals surface area contributed by atoms with E-state index < -0.39 is 0 Å². The van der Waals surface area contributed by atoms with Crippen molar-refractivity contribution in [2.75, 3.05) is 13.3 Å². The van der Waals surface area contributed by atoms with Crippen molar-refractivity contribution < 1.29 is 14.0 Å². The van der Waals surface area contributed by atoms with Crippen molar-refractivity contribution in [3.63, 3.8) is 0 Å². The van der Waals surface area contributed by atoms with Gasteiger partial charge in [-0.05, 0) is 49.0 Å². The minimum absolute atomic E-state index is 0.278. The van der Waals surface area contributed by atoms with E-state index in [9.17, 15) is 0 Å². The third-order valence-corrected chi connectivity index (χ3v) is 6.19. The molecule has 0 saturated carbocycles.